The van der Waals surface area contributed by atoms with Gasteiger partial charge < -0.3 is 9.88 Å². The van der Waals surface area contributed by atoms with Crippen molar-refractivity contribution in [2.24, 2.45) is 0 Å². The molecule has 19 heavy (non-hydrogen) atoms. The highest BCUT2D eigenvalue weighted by Crippen LogP contribution is 2.31. The number of nitrogens with zero attached hydrogens (tertiary/aromatic N) is 2. The van der Waals surface area contributed by atoms with E-state index in [0.717, 1.165) is 25.1 Å². The molecule has 1 unspecified atom stereocenters. The Bertz CT molecular complexity index is 565. The molecule has 1 saturated heterocycles. The molecule has 0 aromatic carbocycles. The van der Waals surface area contributed by atoms with Crippen molar-refractivity contribution in [3.05, 3.63) is 53.9 Å². The van der Waals surface area contributed by atoms with Gasteiger partial charge in [0.25, 0.3) is 5.91 Å². The van der Waals surface area contributed by atoms with Crippen LogP contribution in [0.1, 0.15) is 34.9 Å². The Labute approximate surface area is 110 Å². The van der Waals surface area contributed by atoms with E-state index in [-0.39, 0.29) is 11.9 Å². The number of hydrogen-bond acceptors (Lipinski definition) is 2. The van der Waals surface area contributed by atoms with Gasteiger partial charge in [-0.25, -0.2) is 4.98 Å². The van der Waals surface area contributed by atoms with Crippen LogP contribution in [0.2, 0.25) is 0 Å². The van der Waals surface area contributed by atoms with Gasteiger partial charge in [0.2, 0.25) is 5.95 Å². The average molecular weight is 259 g/mol. The van der Waals surface area contributed by atoms with Gasteiger partial charge in [-0.15, -0.1) is 0 Å². The fraction of sp³-hybridized carbons (Fsp3) is 0.286. The minimum absolute atomic E-state index is 0.0764. The first kappa shape index (κ1) is 11.9. The molecule has 98 valence electrons. The topological polar surface area (TPSA) is 49.0 Å². The SMILES string of the molecule is O=C(c1ccc(F)nc1)N1CCCC1c1ccc[nH]1. The minimum atomic E-state index is -0.570. The molecule has 3 heterocycles. The van der Waals surface area contributed by atoms with E-state index in [0.29, 0.717) is 5.56 Å². The summed E-state index contributed by atoms with van der Waals surface area (Å²) in [5.74, 6) is -0.663. The van der Waals surface area contributed by atoms with Crippen LogP contribution < -0.4 is 0 Å². The lowest BCUT2D eigenvalue weighted by Gasteiger charge is -2.24. The van der Waals surface area contributed by atoms with E-state index in [2.05, 4.69) is 9.97 Å². The van der Waals surface area contributed by atoms with E-state index >= 15 is 0 Å². The number of carbonyl (C=O) groups excluding carboxylic acids is 1. The first-order valence-corrected chi connectivity index (χ1v) is 6.31. The maximum atomic E-state index is 12.8. The summed E-state index contributed by atoms with van der Waals surface area (Å²) in [4.78, 5) is 20.9. The normalized spacial score (nSPS) is 18.8. The Morgan fingerprint density at radius 1 is 1.42 bits per heavy atom. The van der Waals surface area contributed by atoms with Gasteiger partial charge in [-0.3, -0.25) is 4.79 Å². The van der Waals surface area contributed by atoms with Crippen LogP contribution in [0.15, 0.2) is 36.7 Å². The first-order chi connectivity index (χ1) is 9.25. The van der Waals surface area contributed by atoms with Crippen molar-refractivity contribution in [1.29, 1.82) is 0 Å². The van der Waals surface area contributed by atoms with Gasteiger partial charge >= 0.3 is 0 Å². The molecular weight excluding hydrogens is 245 g/mol. The van der Waals surface area contributed by atoms with E-state index in [1.165, 1.54) is 18.3 Å². The number of carbonyl (C=O) groups is 1. The van der Waals surface area contributed by atoms with Gasteiger partial charge in [0.05, 0.1) is 11.6 Å². The molecule has 2 aromatic rings. The fourth-order valence-corrected chi connectivity index (χ4v) is 2.55. The second kappa shape index (κ2) is 4.84. The molecule has 4 nitrogen and oxygen atoms in total. The van der Waals surface area contributed by atoms with Gasteiger partial charge in [-0.05, 0) is 37.1 Å². The van der Waals surface area contributed by atoms with Crippen molar-refractivity contribution >= 4 is 5.91 Å². The van der Waals surface area contributed by atoms with Crippen LogP contribution in [0, 0.1) is 5.95 Å². The third-order valence-corrected chi connectivity index (χ3v) is 3.47. The Hall–Kier alpha value is -2.17. The molecule has 0 saturated carbocycles. The predicted molar refractivity (Wildman–Crippen MR) is 68.0 cm³/mol. The highest BCUT2D eigenvalue weighted by atomic mass is 19.1. The number of halogens is 1. The molecule has 3 rings (SSSR count). The fourth-order valence-electron chi connectivity index (χ4n) is 2.55. The molecule has 0 spiro atoms. The van der Waals surface area contributed by atoms with Crippen molar-refractivity contribution in [3.63, 3.8) is 0 Å². The monoisotopic (exact) mass is 259 g/mol. The van der Waals surface area contributed by atoms with Gasteiger partial charge in [-0.2, -0.15) is 4.39 Å². The Morgan fingerprint density at radius 3 is 3.00 bits per heavy atom. The van der Waals surface area contributed by atoms with Gasteiger partial charge in [0.15, 0.2) is 0 Å². The second-order valence-corrected chi connectivity index (χ2v) is 4.65. The molecule has 1 fully saturated rings. The van der Waals surface area contributed by atoms with Crippen molar-refractivity contribution < 1.29 is 9.18 Å². The molecule has 1 atom stereocenters. The van der Waals surface area contributed by atoms with Crippen molar-refractivity contribution in [2.45, 2.75) is 18.9 Å². The largest absolute Gasteiger partial charge is 0.363 e. The molecule has 1 aliphatic heterocycles. The van der Waals surface area contributed by atoms with Crippen molar-refractivity contribution in [3.8, 4) is 0 Å². The molecular formula is C14H14FN3O. The summed E-state index contributed by atoms with van der Waals surface area (Å²) >= 11 is 0. The maximum absolute atomic E-state index is 12.8. The number of nitrogens with one attached hydrogen (secondary N) is 1. The van der Waals surface area contributed by atoms with Gasteiger partial charge in [0, 0.05) is 24.6 Å². The Morgan fingerprint density at radius 2 is 2.32 bits per heavy atom. The highest BCUT2D eigenvalue weighted by molar-refractivity contribution is 5.94. The second-order valence-electron chi connectivity index (χ2n) is 4.65. The van der Waals surface area contributed by atoms with E-state index in [9.17, 15) is 9.18 Å². The lowest BCUT2D eigenvalue weighted by Crippen LogP contribution is -2.30. The summed E-state index contributed by atoms with van der Waals surface area (Å²) in [6.45, 7) is 0.722. The van der Waals surface area contributed by atoms with Crippen LogP contribution in [-0.4, -0.2) is 27.3 Å². The van der Waals surface area contributed by atoms with E-state index in [4.69, 9.17) is 0 Å². The predicted octanol–water partition coefficient (Wildman–Crippen LogP) is 2.53. The Kier molecular flexibility index (Phi) is 3.03. The molecule has 0 aliphatic carbocycles. The summed E-state index contributed by atoms with van der Waals surface area (Å²) in [5.41, 5.74) is 1.47. The third kappa shape index (κ3) is 2.23. The molecule has 1 amide bonds. The van der Waals surface area contributed by atoms with Gasteiger partial charge in [-0.1, -0.05) is 0 Å². The molecule has 5 heteroatoms. The maximum Gasteiger partial charge on any atom is 0.255 e. The summed E-state index contributed by atoms with van der Waals surface area (Å²) in [7, 11) is 0. The number of amides is 1. The van der Waals surface area contributed by atoms with Crippen LogP contribution in [0.25, 0.3) is 0 Å². The number of likely N-dealkylation sites (tertiary alicyclic amines) is 1. The molecule has 1 aliphatic rings. The lowest BCUT2D eigenvalue weighted by atomic mass is 10.1. The number of H-pyrrole nitrogens is 1. The zero-order valence-corrected chi connectivity index (χ0v) is 10.3. The number of pyridine rings is 1. The van der Waals surface area contributed by atoms with Crippen LogP contribution in [0.3, 0.4) is 0 Å². The van der Waals surface area contributed by atoms with Crippen LogP contribution >= 0.6 is 0 Å². The third-order valence-electron chi connectivity index (χ3n) is 3.47. The lowest BCUT2D eigenvalue weighted by molar-refractivity contribution is 0.0732. The van der Waals surface area contributed by atoms with Crippen LogP contribution in [0.4, 0.5) is 4.39 Å². The van der Waals surface area contributed by atoms with Crippen LogP contribution in [-0.2, 0) is 0 Å². The summed E-state index contributed by atoms with van der Waals surface area (Å²) < 4.78 is 12.8. The Balaban J connectivity index is 1.84. The van der Waals surface area contributed by atoms with E-state index in [1.807, 2.05) is 23.2 Å². The molecule has 0 bridgehead atoms. The summed E-state index contributed by atoms with van der Waals surface area (Å²) in [6, 6.07) is 6.68. The standard InChI is InChI=1S/C14H14FN3O/c15-13-6-5-10(9-17-13)14(19)18-8-2-4-12(18)11-3-1-7-16-11/h1,3,5-7,9,12,16H,2,4,8H2. The van der Waals surface area contributed by atoms with E-state index in [1.54, 1.807) is 0 Å². The average Bonchev–Trinajstić information content (AvgIpc) is 3.09. The first-order valence-electron chi connectivity index (χ1n) is 6.31. The van der Waals surface area contributed by atoms with Crippen molar-refractivity contribution in [2.75, 3.05) is 6.54 Å². The molecule has 2 aromatic heterocycles. The van der Waals surface area contributed by atoms with Gasteiger partial charge in [0.1, 0.15) is 0 Å². The number of aromatic nitrogens is 2. The van der Waals surface area contributed by atoms with E-state index < -0.39 is 5.95 Å². The minimum Gasteiger partial charge on any atom is -0.363 e. The highest BCUT2D eigenvalue weighted by Gasteiger charge is 2.31. The summed E-state index contributed by atoms with van der Waals surface area (Å²) in [5, 5.41) is 0. The molecule has 0 radical (unpaired) electrons. The zero-order chi connectivity index (χ0) is 13.2. The van der Waals surface area contributed by atoms with Crippen molar-refractivity contribution in [1.82, 2.24) is 14.9 Å². The smallest absolute Gasteiger partial charge is 0.255 e. The number of hydrogen-bond donors (Lipinski definition) is 1. The number of rotatable bonds is 2. The summed E-state index contributed by atoms with van der Waals surface area (Å²) in [6.07, 6.45) is 5.07. The number of aromatic amines is 1. The zero-order valence-electron chi connectivity index (χ0n) is 10.3. The quantitative estimate of drug-likeness (QED) is 0.842. The van der Waals surface area contributed by atoms with Crippen LogP contribution in [0.5, 0.6) is 0 Å². The molecule has 1 N–H and O–H groups in total.